The van der Waals surface area contributed by atoms with E-state index in [9.17, 15) is 0 Å². The number of anilines is 1. The molecule has 2 atom stereocenters. The van der Waals surface area contributed by atoms with Gasteiger partial charge in [-0.25, -0.2) is 4.98 Å². The van der Waals surface area contributed by atoms with Crippen molar-refractivity contribution in [2.75, 3.05) is 4.90 Å². The molecule has 1 aromatic carbocycles. The van der Waals surface area contributed by atoms with E-state index in [1.54, 1.807) is 11.3 Å². The summed E-state index contributed by atoms with van der Waals surface area (Å²) in [5.41, 5.74) is 5.53. The van der Waals surface area contributed by atoms with Crippen molar-refractivity contribution in [3.63, 3.8) is 0 Å². The minimum atomic E-state index is -0.0670. The molecule has 4 aromatic rings. The minimum Gasteiger partial charge on any atom is -0.351 e. The van der Waals surface area contributed by atoms with Crippen LogP contribution >= 0.6 is 39.5 Å². The lowest BCUT2D eigenvalue weighted by Gasteiger charge is -2.28. The van der Waals surface area contributed by atoms with Gasteiger partial charge in [-0.15, -0.1) is 11.3 Å². The zero-order chi connectivity index (χ0) is 21.5. The average molecular weight is 510 g/mol. The highest BCUT2D eigenvalue weighted by Gasteiger charge is 2.42. The van der Waals surface area contributed by atoms with E-state index in [1.165, 1.54) is 5.56 Å². The van der Waals surface area contributed by atoms with Crippen molar-refractivity contribution in [1.82, 2.24) is 19.9 Å². The van der Waals surface area contributed by atoms with Gasteiger partial charge in [-0.3, -0.25) is 9.55 Å². The zero-order valence-electron chi connectivity index (χ0n) is 17.0. The van der Waals surface area contributed by atoms with Gasteiger partial charge in [0.25, 0.3) is 0 Å². The van der Waals surface area contributed by atoms with Gasteiger partial charge in [0.05, 0.1) is 17.8 Å². The lowest BCUT2D eigenvalue weighted by Crippen LogP contribution is -2.29. The molecule has 1 aliphatic rings. The molecule has 156 valence electrons. The molecule has 0 spiro atoms. The maximum Gasteiger partial charge on any atom is 0.193 e. The summed E-state index contributed by atoms with van der Waals surface area (Å²) in [6, 6.07) is 16.4. The molecule has 0 bridgehead atoms. The first-order chi connectivity index (χ1) is 15.0. The lowest BCUT2D eigenvalue weighted by molar-refractivity contribution is 0.565. The van der Waals surface area contributed by atoms with Crippen molar-refractivity contribution in [2.24, 2.45) is 0 Å². The first kappa shape index (κ1) is 20.4. The van der Waals surface area contributed by atoms with Gasteiger partial charge < -0.3 is 10.2 Å². The molecule has 0 aliphatic carbocycles. The van der Waals surface area contributed by atoms with Crippen LogP contribution in [0.3, 0.4) is 0 Å². The number of hydrogen-bond acceptors (Lipinski definition) is 4. The average Bonchev–Trinajstić information content (AvgIpc) is 3.47. The second-order valence-corrected chi connectivity index (χ2v) is 9.62. The molecule has 31 heavy (non-hydrogen) atoms. The van der Waals surface area contributed by atoms with Gasteiger partial charge in [-0.2, -0.15) is 0 Å². The third kappa shape index (κ3) is 3.58. The summed E-state index contributed by atoms with van der Waals surface area (Å²) in [7, 11) is 0. The van der Waals surface area contributed by atoms with Crippen LogP contribution in [0.25, 0.3) is 5.13 Å². The number of nitrogens with one attached hydrogen (secondary N) is 1. The predicted octanol–water partition coefficient (Wildman–Crippen LogP) is 5.89. The van der Waals surface area contributed by atoms with Crippen molar-refractivity contribution in [3.05, 3.63) is 93.4 Å². The molecule has 0 saturated carbocycles. The molecule has 0 amide bonds. The number of nitrogens with zero attached hydrogens (tertiary/aromatic N) is 4. The molecule has 1 aliphatic heterocycles. The van der Waals surface area contributed by atoms with Gasteiger partial charge >= 0.3 is 0 Å². The minimum absolute atomic E-state index is 0.0384. The Labute approximate surface area is 198 Å². The molecule has 5 nitrogen and oxygen atoms in total. The second-order valence-electron chi connectivity index (χ2n) is 7.45. The van der Waals surface area contributed by atoms with Gasteiger partial charge in [0.1, 0.15) is 0 Å². The van der Waals surface area contributed by atoms with E-state index < -0.39 is 0 Å². The molecule has 3 aromatic heterocycles. The fourth-order valence-electron chi connectivity index (χ4n) is 4.26. The standard InChI is InChI=1S/C23H20BrN5S2/c1-14-13-18(15(2)28(14)23-26-11-12-31-23)21-20(19-5-3-4-10-25-19)27-22(30)29(21)17-8-6-16(24)7-9-17/h3-13,20-21H,1-2H3,(H,27,30)/t20-,21+/m1/s1. The molecule has 0 unspecified atom stereocenters. The highest BCUT2D eigenvalue weighted by molar-refractivity contribution is 9.10. The fourth-order valence-corrected chi connectivity index (χ4v) is 5.62. The second kappa shape index (κ2) is 8.18. The number of halogens is 1. The predicted molar refractivity (Wildman–Crippen MR) is 133 cm³/mol. The van der Waals surface area contributed by atoms with Crippen LogP contribution in [0.1, 0.15) is 34.7 Å². The van der Waals surface area contributed by atoms with Crippen LogP contribution in [-0.4, -0.2) is 19.6 Å². The highest BCUT2D eigenvalue weighted by Crippen LogP contribution is 2.43. The summed E-state index contributed by atoms with van der Waals surface area (Å²) < 4.78 is 3.26. The molecular formula is C23H20BrN5S2. The van der Waals surface area contributed by atoms with Gasteiger partial charge in [-0.1, -0.05) is 22.0 Å². The molecule has 4 heterocycles. The molecule has 1 fully saturated rings. The van der Waals surface area contributed by atoms with E-state index in [0.29, 0.717) is 5.11 Å². The van der Waals surface area contributed by atoms with Gasteiger partial charge in [0, 0.05) is 39.3 Å². The van der Waals surface area contributed by atoms with Crippen LogP contribution in [0.2, 0.25) is 0 Å². The quantitative estimate of drug-likeness (QED) is 0.347. The number of pyridine rings is 1. The molecule has 8 heteroatoms. The number of aryl methyl sites for hydroxylation is 1. The van der Waals surface area contributed by atoms with Crippen LogP contribution in [0.15, 0.2) is 70.8 Å². The Bertz CT molecular complexity index is 1220. The van der Waals surface area contributed by atoms with Crippen LogP contribution < -0.4 is 10.2 Å². The Morgan fingerprint density at radius 3 is 2.55 bits per heavy atom. The normalized spacial score (nSPS) is 18.4. The van der Waals surface area contributed by atoms with Crippen LogP contribution in [0.4, 0.5) is 5.69 Å². The lowest BCUT2D eigenvalue weighted by atomic mass is 9.96. The van der Waals surface area contributed by atoms with Crippen molar-refractivity contribution < 1.29 is 0 Å². The smallest absolute Gasteiger partial charge is 0.193 e. The van der Waals surface area contributed by atoms with Gasteiger partial charge in [0.2, 0.25) is 0 Å². The topological polar surface area (TPSA) is 46.0 Å². The van der Waals surface area contributed by atoms with E-state index >= 15 is 0 Å². The third-order valence-corrected chi connectivity index (χ3v) is 7.20. The van der Waals surface area contributed by atoms with Gasteiger partial charge in [-0.05, 0) is 74.1 Å². The van der Waals surface area contributed by atoms with Crippen LogP contribution in [-0.2, 0) is 0 Å². The summed E-state index contributed by atoms with van der Waals surface area (Å²) in [5, 5.41) is 7.21. The Balaban J connectivity index is 1.68. The number of thiazole rings is 1. The van der Waals surface area contributed by atoms with Crippen molar-refractivity contribution in [3.8, 4) is 5.13 Å². The largest absolute Gasteiger partial charge is 0.351 e. The van der Waals surface area contributed by atoms with E-state index in [1.807, 2.05) is 42.0 Å². The van der Waals surface area contributed by atoms with E-state index in [4.69, 9.17) is 12.2 Å². The summed E-state index contributed by atoms with van der Waals surface area (Å²) >= 11 is 11.0. The number of hydrogen-bond donors (Lipinski definition) is 1. The van der Waals surface area contributed by atoms with Crippen molar-refractivity contribution in [1.29, 1.82) is 0 Å². The Morgan fingerprint density at radius 2 is 1.87 bits per heavy atom. The Morgan fingerprint density at radius 1 is 1.06 bits per heavy atom. The van der Waals surface area contributed by atoms with Crippen LogP contribution in [0.5, 0.6) is 0 Å². The molecule has 0 radical (unpaired) electrons. The van der Waals surface area contributed by atoms with Crippen molar-refractivity contribution in [2.45, 2.75) is 25.9 Å². The highest BCUT2D eigenvalue weighted by atomic mass is 79.9. The van der Waals surface area contributed by atoms with Crippen molar-refractivity contribution >= 4 is 50.3 Å². The molecular weight excluding hydrogens is 490 g/mol. The van der Waals surface area contributed by atoms with Crippen LogP contribution in [0, 0.1) is 13.8 Å². The fraction of sp³-hybridized carbons (Fsp3) is 0.174. The number of benzene rings is 1. The summed E-state index contributed by atoms with van der Waals surface area (Å²) in [6.07, 6.45) is 3.67. The third-order valence-electron chi connectivity index (χ3n) is 5.60. The van der Waals surface area contributed by atoms with Gasteiger partial charge in [0.15, 0.2) is 10.2 Å². The molecule has 5 rings (SSSR count). The first-order valence-electron chi connectivity index (χ1n) is 9.89. The van der Waals surface area contributed by atoms with E-state index in [2.05, 4.69) is 78.8 Å². The van der Waals surface area contributed by atoms with E-state index in [0.717, 1.165) is 32.4 Å². The SMILES string of the molecule is Cc1cc([C@H]2[C@@H](c3ccccn3)NC(=S)N2c2ccc(Br)cc2)c(C)n1-c1nccs1. The summed E-state index contributed by atoms with van der Waals surface area (Å²) in [4.78, 5) is 11.4. The first-order valence-corrected chi connectivity index (χ1v) is 12.0. The summed E-state index contributed by atoms with van der Waals surface area (Å²) in [6.45, 7) is 4.28. The zero-order valence-corrected chi connectivity index (χ0v) is 20.2. The monoisotopic (exact) mass is 509 g/mol. The number of thiocarbonyl (C=S) groups is 1. The molecule has 1 N–H and O–H groups in total. The van der Waals surface area contributed by atoms with E-state index in [-0.39, 0.29) is 12.1 Å². The maximum absolute atomic E-state index is 5.83. The Kier molecular flexibility index (Phi) is 5.37. The summed E-state index contributed by atoms with van der Waals surface area (Å²) in [5.74, 6) is 0. The Hall–Kier alpha value is -2.55. The number of aromatic nitrogens is 3. The maximum atomic E-state index is 5.83. The molecule has 1 saturated heterocycles. The number of rotatable bonds is 4.